The summed E-state index contributed by atoms with van der Waals surface area (Å²) in [4.78, 5) is 0. The molecule has 0 aliphatic heterocycles. The summed E-state index contributed by atoms with van der Waals surface area (Å²) in [6.45, 7) is 0. The molecule has 0 radical (unpaired) electrons. The normalized spacial score (nSPS) is 11.9. The molecule has 0 aliphatic carbocycles. The van der Waals surface area contributed by atoms with E-state index in [2.05, 4.69) is 18.2 Å². The van der Waals surface area contributed by atoms with Gasteiger partial charge in [0.25, 0.3) is 0 Å². The summed E-state index contributed by atoms with van der Waals surface area (Å²) in [5.41, 5.74) is 1.79. The van der Waals surface area contributed by atoms with E-state index in [1.807, 2.05) is 36.4 Å². The molecule has 0 atom stereocenters. The molecule has 1 aromatic heterocycles. The van der Waals surface area contributed by atoms with E-state index in [1.54, 1.807) is 6.07 Å². The van der Waals surface area contributed by atoms with E-state index in [4.69, 9.17) is 4.42 Å². The maximum absolute atomic E-state index is 13.4. The molecule has 5 rings (SSSR count). The first kappa shape index (κ1) is 11.8. The fourth-order valence-electron chi connectivity index (χ4n) is 3.30. The Labute approximate surface area is 125 Å². The van der Waals surface area contributed by atoms with Crippen LogP contribution >= 0.6 is 0 Å². The van der Waals surface area contributed by atoms with Gasteiger partial charge in [-0.15, -0.1) is 0 Å². The number of benzene rings is 4. The van der Waals surface area contributed by atoms with Gasteiger partial charge in [0, 0.05) is 16.2 Å². The van der Waals surface area contributed by atoms with Gasteiger partial charge in [-0.2, -0.15) is 0 Å². The quantitative estimate of drug-likeness (QED) is 0.317. The molecular formula is C20H11FO. The Morgan fingerprint density at radius 2 is 1.36 bits per heavy atom. The molecule has 0 bridgehead atoms. The first-order chi connectivity index (χ1) is 10.8. The highest BCUT2D eigenvalue weighted by Gasteiger charge is 2.11. The summed E-state index contributed by atoms with van der Waals surface area (Å²) in [5.74, 6) is -0.211. The van der Waals surface area contributed by atoms with Crippen molar-refractivity contribution < 1.29 is 8.81 Å². The fourth-order valence-corrected chi connectivity index (χ4v) is 3.30. The monoisotopic (exact) mass is 286 g/mol. The van der Waals surface area contributed by atoms with Crippen LogP contribution in [-0.2, 0) is 0 Å². The van der Waals surface area contributed by atoms with Gasteiger partial charge in [-0.3, -0.25) is 0 Å². The Morgan fingerprint density at radius 1 is 0.636 bits per heavy atom. The summed E-state index contributed by atoms with van der Waals surface area (Å²) in [5, 5.41) is 6.34. The maximum atomic E-state index is 13.4. The molecule has 1 heterocycles. The predicted molar refractivity (Wildman–Crippen MR) is 88.7 cm³/mol. The number of fused-ring (bicyclic) bond motifs is 7. The largest absolute Gasteiger partial charge is 0.455 e. The molecule has 104 valence electrons. The van der Waals surface area contributed by atoms with Gasteiger partial charge >= 0.3 is 0 Å². The van der Waals surface area contributed by atoms with Crippen LogP contribution in [0.2, 0.25) is 0 Å². The van der Waals surface area contributed by atoms with Crippen molar-refractivity contribution in [3.8, 4) is 0 Å². The van der Waals surface area contributed by atoms with Crippen molar-refractivity contribution in [3.05, 3.63) is 72.5 Å². The van der Waals surface area contributed by atoms with Crippen LogP contribution in [0.4, 0.5) is 4.39 Å². The van der Waals surface area contributed by atoms with Gasteiger partial charge in [0.2, 0.25) is 0 Å². The highest BCUT2D eigenvalue weighted by Crippen LogP contribution is 2.36. The highest BCUT2D eigenvalue weighted by molar-refractivity contribution is 6.20. The van der Waals surface area contributed by atoms with Crippen molar-refractivity contribution in [3.63, 3.8) is 0 Å². The molecule has 0 N–H and O–H groups in total. The van der Waals surface area contributed by atoms with Crippen LogP contribution in [0.1, 0.15) is 0 Å². The van der Waals surface area contributed by atoms with Crippen LogP contribution in [0.5, 0.6) is 0 Å². The van der Waals surface area contributed by atoms with Gasteiger partial charge in [-0.25, -0.2) is 4.39 Å². The van der Waals surface area contributed by atoms with E-state index >= 15 is 0 Å². The third-order valence-corrected chi connectivity index (χ3v) is 4.32. The number of hydrogen-bond acceptors (Lipinski definition) is 1. The van der Waals surface area contributed by atoms with Crippen LogP contribution in [0.25, 0.3) is 43.5 Å². The molecule has 0 fully saturated rings. The lowest BCUT2D eigenvalue weighted by Gasteiger charge is -2.04. The average Bonchev–Trinajstić information content (AvgIpc) is 2.93. The summed E-state index contributed by atoms with van der Waals surface area (Å²) in [6, 6.07) is 21.1. The van der Waals surface area contributed by atoms with Gasteiger partial charge in [0.15, 0.2) is 0 Å². The minimum Gasteiger partial charge on any atom is -0.455 e. The van der Waals surface area contributed by atoms with Gasteiger partial charge in [-0.1, -0.05) is 36.4 Å². The zero-order chi connectivity index (χ0) is 14.7. The minimum absolute atomic E-state index is 0.211. The molecule has 0 saturated heterocycles. The Bertz CT molecular complexity index is 1180. The fraction of sp³-hybridized carbons (Fsp3) is 0. The zero-order valence-electron chi connectivity index (χ0n) is 11.6. The number of para-hydroxylation sites is 1. The van der Waals surface area contributed by atoms with E-state index < -0.39 is 0 Å². The van der Waals surface area contributed by atoms with Crippen LogP contribution in [-0.4, -0.2) is 0 Å². The summed E-state index contributed by atoms with van der Waals surface area (Å²) in [6.07, 6.45) is 0. The molecule has 4 aromatic carbocycles. The highest BCUT2D eigenvalue weighted by atomic mass is 19.1. The summed E-state index contributed by atoms with van der Waals surface area (Å²) >= 11 is 0. The first-order valence-electron chi connectivity index (χ1n) is 7.23. The molecule has 0 amide bonds. The average molecular weight is 286 g/mol. The standard InChI is InChI=1S/C20H11FO/c21-13-6-8-14-12(11-13)5-7-17-15(14)9-10-18-16-3-1-2-4-19(16)22-20(17)18/h1-11H. The van der Waals surface area contributed by atoms with E-state index in [0.29, 0.717) is 0 Å². The molecule has 0 spiro atoms. The van der Waals surface area contributed by atoms with E-state index in [0.717, 1.165) is 43.5 Å². The number of halogens is 1. The molecule has 0 aliphatic rings. The molecule has 22 heavy (non-hydrogen) atoms. The number of rotatable bonds is 0. The minimum atomic E-state index is -0.211. The lowest BCUT2D eigenvalue weighted by atomic mass is 10.00. The van der Waals surface area contributed by atoms with Gasteiger partial charge in [0.1, 0.15) is 17.0 Å². The van der Waals surface area contributed by atoms with Crippen LogP contribution < -0.4 is 0 Å². The van der Waals surface area contributed by atoms with Crippen molar-refractivity contribution in [2.24, 2.45) is 0 Å². The molecule has 2 heteroatoms. The third-order valence-electron chi connectivity index (χ3n) is 4.32. The Hall–Kier alpha value is -2.87. The van der Waals surface area contributed by atoms with Crippen molar-refractivity contribution >= 4 is 43.5 Å². The Balaban J connectivity index is 2.02. The Kier molecular flexibility index (Phi) is 2.18. The SMILES string of the molecule is Fc1ccc2c(ccc3c2ccc2c4ccccc4oc23)c1. The molecular weight excluding hydrogens is 275 g/mol. The second-order valence-electron chi connectivity index (χ2n) is 5.57. The molecule has 0 saturated carbocycles. The summed E-state index contributed by atoms with van der Waals surface area (Å²) < 4.78 is 19.5. The van der Waals surface area contributed by atoms with Crippen LogP contribution in [0.15, 0.2) is 71.1 Å². The van der Waals surface area contributed by atoms with Crippen molar-refractivity contribution in [1.29, 1.82) is 0 Å². The lowest BCUT2D eigenvalue weighted by Crippen LogP contribution is -1.80. The van der Waals surface area contributed by atoms with E-state index in [-0.39, 0.29) is 5.82 Å². The van der Waals surface area contributed by atoms with E-state index in [9.17, 15) is 4.39 Å². The predicted octanol–water partition coefficient (Wildman–Crippen LogP) is 6.03. The molecule has 0 unspecified atom stereocenters. The first-order valence-corrected chi connectivity index (χ1v) is 7.23. The Morgan fingerprint density at radius 3 is 2.32 bits per heavy atom. The van der Waals surface area contributed by atoms with Crippen LogP contribution in [0.3, 0.4) is 0 Å². The number of furan rings is 1. The zero-order valence-corrected chi connectivity index (χ0v) is 11.6. The summed E-state index contributed by atoms with van der Waals surface area (Å²) in [7, 11) is 0. The van der Waals surface area contributed by atoms with Crippen LogP contribution in [0, 0.1) is 5.82 Å². The van der Waals surface area contributed by atoms with Crippen molar-refractivity contribution in [1.82, 2.24) is 0 Å². The van der Waals surface area contributed by atoms with Gasteiger partial charge < -0.3 is 4.42 Å². The third kappa shape index (κ3) is 1.47. The molecule has 1 nitrogen and oxygen atoms in total. The van der Waals surface area contributed by atoms with Crippen molar-refractivity contribution in [2.45, 2.75) is 0 Å². The topological polar surface area (TPSA) is 13.1 Å². The van der Waals surface area contributed by atoms with Gasteiger partial charge in [-0.05, 0) is 46.5 Å². The van der Waals surface area contributed by atoms with E-state index in [1.165, 1.54) is 6.07 Å². The van der Waals surface area contributed by atoms with Crippen molar-refractivity contribution in [2.75, 3.05) is 0 Å². The second-order valence-corrected chi connectivity index (χ2v) is 5.57. The maximum Gasteiger partial charge on any atom is 0.143 e. The number of hydrogen-bond donors (Lipinski definition) is 0. The van der Waals surface area contributed by atoms with Gasteiger partial charge in [0.05, 0.1) is 0 Å². The molecule has 5 aromatic rings. The second kappa shape index (κ2) is 4.08. The smallest absolute Gasteiger partial charge is 0.143 e. The lowest BCUT2D eigenvalue weighted by molar-refractivity contribution is 0.630.